The summed E-state index contributed by atoms with van der Waals surface area (Å²) < 4.78 is 49.1. The highest BCUT2D eigenvalue weighted by Gasteiger charge is 2.52. The summed E-state index contributed by atoms with van der Waals surface area (Å²) in [5.41, 5.74) is 12.4. The molecule has 0 aromatic heterocycles. The van der Waals surface area contributed by atoms with Crippen LogP contribution in [0.4, 0.5) is 0 Å². The molecule has 2 saturated heterocycles. The summed E-state index contributed by atoms with van der Waals surface area (Å²) in [5, 5.41) is 0. The molecule has 0 amide bonds. The Balaban J connectivity index is 2.32. The van der Waals surface area contributed by atoms with Crippen molar-refractivity contribution < 1.29 is 66.6 Å². The van der Waals surface area contributed by atoms with E-state index in [-0.39, 0.29) is 13.2 Å². The fourth-order valence-electron chi connectivity index (χ4n) is 4.22. The van der Waals surface area contributed by atoms with Crippen molar-refractivity contribution in [3.8, 4) is 0 Å². The predicted molar refractivity (Wildman–Crippen MR) is 125 cm³/mol. The van der Waals surface area contributed by atoms with Gasteiger partial charge in [0.25, 0.3) is 0 Å². The number of rotatable bonds is 10. The van der Waals surface area contributed by atoms with Crippen LogP contribution in [0, 0.1) is 0 Å². The second-order valence-corrected chi connectivity index (χ2v) is 8.91. The van der Waals surface area contributed by atoms with Crippen LogP contribution in [0.15, 0.2) is 0 Å². The SMILES string of the molecule is CO[C@@H]1O[C@H](CO[C@@H]2O[C@H](COC(C)=O)[C@@H](OC(C)=O)[C@H](OC(C)=O)[C@H]2N)[C@H](OC(C)=O)[C@H](OC(C)=O)[C@H]1N. The molecule has 2 rings (SSSR count). The van der Waals surface area contributed by atoms with Crippen molar-refractivity contribution in [2.24, 2.45) is 11.5 Å². The van der Waals surface area contributed by atoms with E-state index in [1.807, 2.05) is 0 Å². The first-order chi connectivity index (χ1) is 18.2. The van der Waals surface area contributed by atoms with E-state index in [2.05, 4.69) is 0 Å². The van der Waals surface area contributed by atoms with Gasteiger partial charge in [-0.15, -0.1) is 0 Å². The summed E-state index contributed by atoms with van der Waals surface area (Å²) >= 11 is 0. The summed E-state index contributed by atoms with van der Waals surface area (Å²) in [7, 11) is 1.32. The van der Waals surface area contributed by atoms with Gasteiger partial charge in [0.1, 0.15) is 18.8 Å². The molecule has 0 saturated carbocycles. The van der Waals surface area contributed by atoms with Crippen LogP contribution >= 0.6 is 0 Å². The molecule has 2 heterocycles. The van der Waals surface area contributed by atoms with Crippen LogP contribution in [0.2, 0.25) is 0 Å². The third-order valence-corrected chi connectivity index (χ3v) is 5.70. The second-order valence-electron chi connectivity index (χ2n) is 8.91. The highest BCUT2D eigenvalue weighted by molar-refractivity contribution is 5.68. The fraction of sp³-hybridized carbons (Fsp3) is 0.783. The lowest BCUT2D eigenvalue weighted by Crippen LogP contribution is -2.66. The van der Waals surface area contributed by atoms with E-state index in [1.54, 1.807) is 0 Å². The average molecular weight is 565 g/mol. The zero-order valence-electron chi connectivity index (χ0n) is 22.6. The molecule has 0 aliphatic carbocycles. The summed E-state index contributed by atoms with van der Waals surface area (Å²) in [6.45, 7) is 4.98. The maximum absolute atomic E-state index is 11.8. The molecule has 16 heteroatoms. The standard InChI is InChI=1S/C23H36N2O14/c1-9(26)32-7-14-18(34-10(2)27)21(37-13(5)30)17(25)23(39-14)33-8-15-19(35-11(3)28)20(36-12(4)29)16(24)22(31-6)38-15/h14-23H,7-8,24-25H2,1-6H3/t14-,15-,16-,17-,18-,19+,20-,21-,22-,23-/m1/s1. The molecular weight excluding hydrogens is 528 g/mol. The number of esters is 5. The molecule has 10 atom stereocenters. The molecule has 2 fully saturated rings. The van der Waals surface area contributed by atoms with E-state index in [1.165, 1.54) is 14.0 Å². The Morgan fingerprint density at radius 2 is 0.974 bits per heavy atom. The monoisotopic (exact) mass is 564 g/mol. The van der Waals surface area contributed by atoms with Gasteiger partial charge in [0.15, 0.2) is 37.0 Å². The number of methoxy groups -OCH3 is 1. The number of carbonyl (C=O) groups is 5. The van der Waals surface area contributed by atoms with E-state index in [0.29, 0.717) is 0 Å². The van der Waals surface area contributed by atoms with Gasteiger partial charge in [-0.3, -0.25) is 24.0 Å². The summed E-state index contributed by atoms with van der Waals surface area (Å²) in [4.78, 5) is 58.6. The Hall–Kier alpha value is -2.89. The highest BCUT2D eigenvalue weighted by atomic mass is 16.7. The lowest BCUT2D eigenvalue weighted by atomic mass is 9.96. The summed E-state index contributed by atoms with van der Waals surface area (Å²) in [6, 6.07) is -2.22. The van der Waals surface area contributed by atoms with Crippen molar-refractivity contribution in [1.29, 1.82) is 0 Å². The maximum atomic E-state index is 11.8. The predicted octanol–water partition coefficient (Wildman–Crippen LogP) is -1.96. The highest BCUT2D eigenvalue weighted by Crippen LogP contribution is 2.29. The fourth-order valence-corrected chi connectivity index (χ4v) is 4.22. The minimum atomic E-state index is -1.33. The van der Waals surface area contributed by atoms with Crippen LogP contribution < -0.4 is 11.5 Å². The van der Waals surface area contributed by atoms with Gasteiger partial charge < -0.3 is 54.1 Å². The largest absolute Gasteiger partial charge is 0.463 e. The van der Waals surface area contributed by atoms with Crippen molar-refractivity contribution >= 4 is 29.8 Å². The molecule has 0 aromatic rings. The molecule has 0 bridgehead atoms. The maximum Gasteiger partial charge on any atom is 0.303 e. The topological polar surface area (TPSA) is 220 Å². The van der Waals surface area contributed by atoms with Gasteiger partial charge in [0, 0.05) is 41.7 Å². The van der Waals surface area contributed by atoms with Crippen LogP contribution in [0.3, 0.4) is 0 Å². The van der Waals surface area contributed by atoms with Crippen molar-refractivity contribution in [3.05, 3.63) is 0 Å². The first-order valence-electron chi connectivity index (χ1n) is 12.0. The Kier molecular flexibility index (Phi) is 12.0. The Labute approximate surface area is 224 Å². The Morgan fingerprint density at radius 1 is 0.590 bits per heavy atom. The lowest BCUT2D eigenvalue weighted by Gasteiger charge is -2.45. The molecule has 0 unspecified atom stereocenters. The summed E-state index contributed by atoms with van der Waals surface area (Å²) in [5.74, 6) is -3.49. The van der Waals surface area contributed by atoms with E-state index in [9.17, 15) is 24.0 Å². The van der Waals surface area contributed by atoms with E-state index in [0.717, 1.165) is 27.7 Å². The average Bonchev–Trinajstić information content (AvgIpc) is 2.82. The molecule has 2 aliphatic heterocycles. The minimum absolute atomic E-state index is 0.369. The lowest BCUT2D eigenvalue weighted by molar-refractivity contribution is -0.301. The van der Waals surface area contributed by atoms with Gasteiger partial charge in [-0.25, -0.2) is 0 Å². The van der Waals surface area contributed by atoms with Gasteiger partial charge in [0.2, 0.25) is 0 Å². The normalized spacial score (nSPS) is 34.4. The Bertz CT molecular complexity index is 900. The van der Waals surface area contributed by atoms with Crippen molar-refractivity contribution in [3.63, 3.8) is 0 Å². The molecule has 0 radical (unpaired) electrons. The van der Waals surface area contributed by atoms with Crippen LogP contribution in [-0.2, 0) is 66.6 Å². The van der Waals surface area contributed by atoms with E-state index >= 15 is 0 Å². The number of carbonyl (C=O) groups excluding carboxylic acids is 5. The first kappa shape index (κ1) is 32.3. The van der Waals surface area contributed by atoms with Crippen LogP contribution in [0.1, 0.15) is 34.6 Å². The van der Waals surface area contributed by atoms with Gasteiger partial charge in [-0.2, -0.15) is 0 Å². The van der Waals surface area contributed by atoms with E-state index < -0.39 is 91.1 Å². The molecule has 4 N–H and O–H groups in total. The molecular formula is C23H36N2O14. The molecule has 16 nitrogen and oxygen atoms in total. The number of hydrogen-bond acceptors (Lipinski definition) is 16. The smallest absolute Gasteiger partial charge is 0.303 e. The molecule has 0 aromatic carbocycles. The van der Waals surface area contributed by atoms with Crippen molar-refractivity contribution in [1.82, 2.24) is 0 Å². The van der Waals surface area contributed by atoms with Crippen LogP contribution in [0.5, 0.6) is 0 Å². The van der Waals surface area contributed by atoms with Gasteiger partial charge in [-0.1, -0.05) is 0 Å². The summed E-state index contributed by atoms with van der Waals surface area (Å²) in [6.07, 6.45) is -9.48. The quantitative estimate of drug-likeness (QED) is 0.217. The van der Waals surface area contributed by atoms with Gasteiger partial charge in [-0.05, 0) is 0 Å². The zero-order valence-corrected chi connectivity index (χ0v) is 22.6. The van der Waals surface area contributed by atoms with Gasteiger partial charge >= 0.3 is 29.8 Å². The first-order valence-corrected chi connectivity index (χ1v) is 12.0. The molecule has 2 aliphatic rings. The Morgan fingerprint density at radius 3 is 1.38 bits per heavy atom. The minimum Gasteiger partial charge on any atom is -0.463 e. The number of nitrogens with two attached hydrogens (primary N) is 2. The van der Waals surface area contributed by atoms with Crippen LogP contribution in [-0.4, -0.2) is 111 Å². The number of ether oxygens (including phenoxy) is 9. The molecule has 222 valence electrons. The molecule has 39 heavy (non-hydrogen) atoms. The second kappa shape index (κ2) is 14.5. The number of hydrogen-bond donors (Lipinski definition) is 2. The zero-order chi connectivity index (χ0) is 29.4. The van der Waals surface area contributed by atoms with Crippen molar-refractivity contribution in [2.45, 2.75) is 95.9 Å². The van der Waals surface area contributed by atoms with Crippen molar-refractivity contribution in [2.75, 3.05) is 20.3 Å². The third kappa shape index (κ3) is 9.08. The van der Waals surface area contributed by atoms with E-state index in [4.69, 9.17) is 54.1 Å². The van der Waals surface area contributed by atoms with Gasteiger partial charge in [0.05, 0.1) is 18.7 Å². The molecule has 0 spiro atoms. The third-order valence-electron chi connectivity index (χ3n) is 5.70. The van der Waals surface area contributed by atoms with Crippen LogP contribution in [0.25, 0.3) is 0 Å².